The van der Waals surface area contributed by atoms with Crippen LogP contribution in [0.4, 0.5) is 11.4 Å². The van der Waals surface area contributed by atoms with Crippen molar-refractivity contribution in [2.45, 2.75) is 25.7 Å². The number of anilines is 2. The van der Waals surface area contributed by atoms with Crippen molar-refractivity contribution in [2.75, 3.05) is 16.6 Å². The zero-order valence-electron chi connectivity index (χ0n) is 21.8. The third kappa shape index (κ3) is 4.68. The Bertz CT molecular complexity index is 1530. The lowest BCUT2D eigenvalue weighted by molar-refractivity contribution is -0.126. The number of hydrogen-bond acceptors (Lipinski definition) is 6. The molecule has 202 valence electrons. The molecular formula is C32H27ClN2O5. The molecule has 2 aliphatic heterocycles. The molecule has 2 aliphatic rings. The molecule has 8 heteroatoms. The third-order valence-corrected chi connectivity index (χ3v) is 7.39. The summed E-state index contributed by atoms with van der Waals surface area (Å²) in [5, 5.41) is 1.98. The van der Waals surface area contributed by atoms with Gasteiger partial charge in [-0.25, -0.2) is 9.96 Å². The summed E-state index contributed by atoms with van der Waals surface area (Å²) in [7, 11) is 0. The van der Waals surface area contributed by atoms with E-state index in [4.69, 9.17) is 25.9 Å². The van der Waals surface area contributed by atoms with Crippen LogP contribution in [0.15, 0.2) is 103 Å². The number of nitrogens with zero attached hydrogens (tertiary/aromatic N) is 2. The lowest BCUT2D eigenvalue weighted by Crippen LogP contribution is -2.37. The second-order valence-corrected chi connectivity index (χ2v) is 9.94. The zero-order valence-corrected chi connectivity index (χ0v) is 22.5. The van der Waals surface area contributed by atoms with Gasteiger partial charge in [0.1, 0.15) is 12.5 Å². The van der Waals surface area contributed by atoms with Gasteiger partial charge in [0.2, 0.25) is 5.91 Å². The van der Waals surface area contributed by atoms with Gasteiger partial charge in [0, 0.05) is 0 Å². The summed E-state index contributed by atoms with van der Waals surface area (Å²) in [5.74, 6) is -0.474. The summed E-state index contributed by atoms with van der Waals surface area (Å²) in [4.78, 5) is 34.9. The Morgan fingerprint density at radius 3 is 2.23 bits per heavy atom. The molecule has 2 saturated heterocycles. The molecule has 0 aromatic heterocycles. The molecule has 3 atom stereocenters. The average Bonchev–Trinajstić information content (AvgIpc) is 3.49. The van der Waals surface area contributed by atoms with Gasteiger partial charge in [-0.2, -0.15) is 0 Å². The quantitative estimate of drug-likeness (QED) is 0.236. The smallest absolute Gasteiger partial charge is 0.266 e. The number of benzene rings is 4. The molecule has 0 radical (unpaired) electrons. The van der Waals surface area contributed by atoms with Crippen LogP contribution in [0.1, 0.15) is 24.1 Å². The first kappa shape index (κ1) is 25.9. The SMILES string of the molecule is CCOc1cc([C@@H]2[C@@H]3C(=O)N(c4ccccc4Cl)C(=O)[C@H]3ON2c2ccccc2)ccc1OCc1ccccc1. The molecule has 6 rings (SSSR count). The molecule has 4 aromatic carbocycles. The van der Waals surface area contributed by atoms with Crippen LogP contribution in [-0.2, 0) is 21.0 Å². The summed E-state index contributed by atoms with van der Waals surface area (Å²) in [6.45, 7) is 2.71. The fourth-order valence-electron chi connectivity index (χ4n) is 5.25. The second kappa shape index (κ2) is 11.0. The average molecular weight is 555 g/mol. The first-order valence-electron chi connectivity index (χ1n) is 13.1. The maximum Gasteiger partial charge on any atom is 0.266 e. The molecule has 0 spiro atoms. The van der Waals surface area contributed by atoms with E-state index in [0.717, 1.165) is 21.7 Å². The first-order chi connectivity index (χ1) is 19.6. The van der Waals surface area contributed by atoms with E-state index in [1.165, 1.54) is 0 Å². The van der Waals surface area contributed by atoms with Crippen molar-refractivity contribution >= 4 is 34.8 Å². The zero-order chi connectivity index (χ0) is 27.6. The Morgan fingerprint density at radius 2 is 1.50 bits per heavy atom. The number of imide groups is 1. The third-order valence-electron chi connectivity index (χ3n) is 7.07. The van der Waals surface area contributed by atoms with E-state index < -0.39 is 24.0 Å². The van der Waals surface area contributed by atoms with Crippen LogP contribution in [0.2, 0.25) is 5.02 Å². The number of fused-ring (bicyclic) bond motifs is 1. The Balaban J connectivity index is 1.38. The Hall–Kier alpha value is -4.33. The van der Waals surface area contributed by atoms with E-state index >= 15 is 0 Å². The van der Waals surface area contributed by atoms with Crippen molar-refractivity contribution in [1.82, 2.24) is 0 Å². The lowest BCUT2D eigenvalue weighted by atomic mass is 9.90. The number of para-hydroxylation sites is 2. The first-order valence-corrected chi connectivity index (χ1v) is 13.5. The molecule has 2 fully saturated rings. The van der Waals surface area contributed by atoms with Gasteiger partial charge < -0.3 is 9.47 Å². The summed E-state index contributed by atoms with van der Waals surface area (Å²) >= 11 is 6.39. The molecule has 2 amide bonds. The van der Waals surface area contributed by atoms with Crippen LogP contribution in [0, 0.1) is 5.92 Å². The van der Waals surface area contributed by atoms with Crippen LogP contribution >= 0.6 is 11.6 Å². The number of rotatable bonds is 8. The van der Waals surface area contributed by atoms with Gasteiger partial charge in [0.25, 0.3) is 5.91 Å². The predicted molar refractivity (Wildman–Crippen MR) is 152 cm³/mol. The number of carbonyl (C=O) groups excluding carboxylic acids is 2. The van der Waals surface area contributed by atoms with Gasteiger partial charge in [-0.05, 0) is 54.4 Å². The number of ether oxygens (including phenoxy) is 2. The molecule has 0 bridgehead atoms. The number of halogens is 1. The Labute approximate surface area is 237 Å². The largest absolute Gasteiger partial charge is 0.490 e. The van der Waals surface area contributed by atoms with E-state index in [1.54, 1.807) is 29.3 Å². The van der Waals surface area contributed by atoms with Gasteiger partial charge in [0.15, 0.2) is 17.6 Å². The fraction of sp³-hybridized carbons (Fsp3) is 0.188. The minimum Gasteiger partial charge on any atom is -0.490 e. The highest BCUT2D eigenvalue weighted by atomic mass is 35.5. The summed E-state index contributed by atoms with van der Waals surface area (Å²) in [6, 6.07) is 31.1. The summed E-state index contributed by atoms with van der Waals surface area (Å²) in [5.41, 5.74) is 2.87. The monoisotopic (exact) mass is 554 g/mol. The molecule has 40 heavy (non-hydrogen) atoms. The van der Waals surface area contributed by atoms with Crippen LogP contribution in [0.5, 0.6) is 11.5 Å². The van der Waals surface area contributed by atoms with Crippen molar-refractivity contribution in [3.63, 3.8) is 0 Å². The standard InChI is InChI=1S/C32H27ClN2O5/c1-2-38-27-19-22(17-18-26(27)39-20-21-11-5-3-6-12-21)29-28-30(40-35(29)23-13-7-4-8-14-23)32(37)34(31(28)36)25-16-10-9-15-24(25)33/h3-19,28-30H,2,20H2,1H3/t28-,29+,30-/m0/s1. The minimum absolute atomic E-state index is 0.319. The van der Waals surface area contributed by atoms with Crippen molar-refractivity contribution in [3.05, 3.63) is 119 Å². The number of hydrogen-bond donors (Lipinski definition) is 0. The highest BCUT2D eigenvalue weighted by molar-refractivity contribution is 6.36. The predicted octanol–water partition coefficient (Wildman–Crippen LogP) is 6.37. The van der Waals surface area contributed by atoms with E-state index in [1.807, 2.05) is 85.8 Å². The normalized spacial score (nSPS) is 20.1. The van der Waals surface area contributed by atoms with E-state index in [-0.39, 0.29) is 5.91 Å². The van der Waals surface area contributed by atoms with Gasteiger partial charge in [-0.15, -0.1) is 0 Å². The van der Waals surface area contributed by atoms with Crippen LogP contribution in [-0.4, -0.2) is 24.5 Å². The molecule has 4 aromatic rings. The number of hydroxylamine groups is 1. The summed E-state index contributed by atoms with van der Waals surface area (Å²) < 4.78 is 12.1. The maximum atomic E-state index is 13.9. The Morgan fingerprint density at radius 1 is 0.800 bits per heavy atom. The second-order valence-electron chi connectivity index (χ2n) is 9.53. The number of carbonyl (C=O) groups is 2. The molecule has 7 nitrogen and oxygen atoms in total. The van der Waals surface area contributed by atoms with Gasteiger partial charge in [-0.3, -0.25) is 14.4 Å². The fourth-order valence-corrected chi connectivity index (χ4v) is 5.47. The topological polar surface area (TPSA) is 68.3 Å². The molecule has 2 heterocycles. The van der Waals surface area contributed by atoms with E-state index in [2.05, 4.69) is 0 Å². The van der Waals surface area contributed by atoms with Gasteiger partial charge >= 0.3 is 0 Å². The maximum absolute atomic E-state index is 13.9. The van der Waals surface area contributed by atoms with Crippen LogP contribution in [0.25, 0.3) is 0 Å². The Kier molecular flexibility index (Phi) is 7.15. The minimum atomic E-state index is -1.00. The van der Waals surface area contributed by atoms with Gasteiger partial charge in [-0.1, -0.05) is 78.3 Å². The molecule has 0 saturated carbocycles. The highest BCUT2D eigenvalue weighted by Gasteiger charge is 2.60. The summed E-state index contributed by atoms with van der Waals surface area (Å²) in [6.07, 6.45) is -1.00. The van der Waals surface area contributed by atoms with Crippen molar-refractivity contribution < 1.29 is 23.9 Å². The highest BCUT2D eigenvalue weighted by Crippen LogP contribution is 2.49. The lowest BCUT2D eigenvalue weighted by Gasteiger charge is -2.29. The molecule has 0 unspecified atom stereocenters. The van der Waals surface area contributed by atoms with E-state index in [0.29, 0.717) is 35.4 Å². The molecule has 0 N–H and O–H groups in total. The van der Waals surface area contributed by atoms with Crippen molar-refractivity contribution in [1.29, 1.82) is 0 Å². The molecular weight excluding hydrogens is 528 g/mol. The van der Waals surface area contributed by atoms with Gasteiger partial charge in [0.05, 0.1) is 29.0 Å². The number of amides is 2. The van der Waals surface area contributed by atoms with Crippen molar-refractivity contribution in [2.24, 2.45) is 5.92 Å². The van der Waals surface area contributed by atoms with E-state index in [9.17, 15) is 9.59 Å². The van der Waals surface area contributed by atoms with Crippen LogP contribution < -0.4 is 19.4 Å². The van der Waals surface area contributed by atoms with Crippen molar-refractivity contribution in [3.8, 4) is 11.5 Å². The van der Waals surface area contributed by atoms with Crippen LogP contribution in [0.3, 0.4) is 0 Å². The molecule has 0 aliphatic carbocycles.